The van der Waals surface area contributed by atoms with Gasteiger partial charge >= 0.3 is 0 Å². The highest BCUT2D eigenvalue weighted by Gasteiger charge is 2.28. The minimum Gasteiger partial charge on any atom is -0.459 e. The molecule has 2 N–H and O–H groups in total. The second kappa shape index (κ2) is 5.83. The van der Waals surface area contributed by atoms with E-state index in [-0.39, 0.29) is 6.10 Å². The van der Waals surface area contributed by atoms with Crippen LogP contribution in [0.15, 0.2) is 36.4 Å². The number of hydrogen-bond donors (Lipinski definition) is 2. The average molecular weight is 330 g/mol. The number of nitrogens with one attached hydrogen (secondary N) is 1. The van der Waals surface area contributed by atoms with Crippen molar-refractivity contribution < 1.29 is 9.84 Å². The number of halogens is 1. The molecule has 2 atom stereocenters. The molecule has 4 rings (SSSR count). The Kier molecular flexibility index (Phi) is 3.67. The second-order valence-electron chi connectivity index (χ2n) is 5.75. The van der Waals surface area contributed by atoms with E-state index < -0.39 is 6.10 Å². The van der Waals surface area contributed by atoms with Crippen molar-refractivity contribution in [2.45, 2.75) is 31.5 Å². The summed E-state index contributed by atoms with van der Waals surface area (Å²) in [5, 5.41) is 10.4. The van der Waals surface area contributed by atoms with Gasteiger partial charge in [0.2, 0.25) is 0 Å². The van der Waals surface area contributed by atoms with Crippen LogP contribution in [0.25, 0.3) is 22.4 Å². The highest BCUT2D eigenvalue weighted by molar-refractivity contribution is 6.33. The van der Waals surface area contributed by atoms with Crippen molar-refractivity contribution in [3.05, 3.63) is 41.4 Å². The van der Waals surface area contributed by atoms with Crippen molar-refractivity contribution in [3.63, 3.8) is 0 Å². The number of rotatable bonds is 3. The van der Waals surface area contributed by atoms with Crippen LogP contribution in [0.5, 0.6) is 6.01 Å². The number of aromatic nitrogens is 3. The van der Waals surface area contributed by atoms with E-state index in [2.05, 4.69) is 15.0 Å². The third-order valence-corrected chi connectivity index (χ3v) is 4.42. The van der Waals surface area contributed by atoms with Crippen LogP contribution < -0.4 is 4.74 Å². The number of pyridine rings is 1. The van der Waals surface area contributed by atoms with Crippen molar-refractivity contribution in [2.24, 2.45) is 0 Å². The summed E-state index contributed by atoms with van der Waals surface area (Å²) < 4.78 is 5.76. The second-order valence-corrected chi connectivity index (χ2v) is 6.16. The van der Waals surface area contributed by atoms with Gasteiger partial charge in [0, 0.05) is 5.56 Å². The van der Waals surface area contributed by atoms with Crippen molar-refractivity contribution >= 4 is 22.8 Å². The fraction of sp³-hybridized carbons (Fsp3) is 0.294. The Morgan fingerprint density at radius 3 is 2.74 bits per heavy atom. The Balaban J connectivity index is 1.69. The number of aliphatic hydroxyl groups excluding tert-OH is 1. The van der Waals surface area contributed by atoms with Crippen molar-refractivity contribution in [2.75, 3.05) is 0 Å². The molecule has 3 aromatic rings. The first kappa shape index (κ1) is 14.5. The molecule has 2 aromatic heterocycles. The standard InChI is InChI=1S/C17H16ClN3O2/c18-11-9-12-16(20-15(11)10-5-2-1-3-6-10)21-17(19-12)23-14-8-4-7-13(14)22/h1-3,5-6,9,13-14,22H,4,7-8H2,(H,19,20,21)/t13-,14+/m1/s1. The van der Waals surface area contributed by atoms with Crippen molar-refractivity contribution in [3.8, 4) is 17.3 Å². The molecule has 2 heterocycles. The summed E-state index contributed by atoms with van der Waals surface area (Å²) in [6.07, 6.45) is 1.93. The monoisotopic (exact) mass is 329 g/mol. The Morgan fingerprint density at radius 1 is 1.17 bits per heavy atom. The first-order valence-electron chi connectivity index (χ1n) is 7.67. The zero-order valence-corrected chi connectivity index (χ0v) is 13.1. The van der Waals surface area contributed by atoms with Crippen LogP contribution in [-0.4, -0.2) is 32.3 Å². The van der Waals surface area contributed by atoms with Crippen LogP contribution in [0.4, 0.5) is 0 Å². The molecule has 1 saturated carbocycles. The summed E-state index contributed by atoms with van der Waals surface area (Å²) in [6.45, 7) is 0. The SMILES string of the molecule is O[C@@H]1CCC[C@@H]1Oc1nc2nc(-c3ccccc3)c(Cl)cc2[nH]1. The van der Waals surface area contributed by atoms with E-state index in [0.29, 0.717) is 22.4 Å². The van der Waals surface area contributed by atoms with Gasteiger partial charge in [0.15, 0.2) is 5.65 Å². The molecule has 5 nitrogen and oxygen atoms in total. The molecule has 0 radical (unpaired) electrons. The lowest BCUT2D eigenvalue weighted by molar-refractivity contribution is 0.0549. The van der Waals surface area contributed by atoms with Gasteiger partial charge in [0.05, 0.1) is 22.3 Å². The van der Waals surface area contributed by atoms with Gasteiger partial charge in [-0.15, -0.1) is 0 Å². The molecule has 0 aliphatic heterocycles. The van der Waals surface area contributed by atoms with Crippen molar-refractivity contribution in [1.29, 1.82) is 0 Å². The average Bonchev–Trinajstić information content (AvgIpc) is 3.13. The van der Waals surface area contributed by atoms with Crippen molar-refractivity contribution in [1.82, 2.24) is 15.0 Å². The summed E-state index contributed by atoms with van der Waals surface area (Å²) in [4.78, 5) is 12.0. The van der Waals surface area contributed by atoms with Gasteiger partial charge in [-0.25, -0.2) is 4.98 Å². The molecule has 1 aromatic carbocycles. The van der Waals surface area contributed by atoms with Crippen LogP contribution >= 0.6 is 11.6 Å². The molecule has 0 saturated heterocycles. The largest absolute Gasteiger partial charge is 0.459 e. The summed E-state index contributed by atoms with van der Waals surface area (Å²) in [5.41, 5.74) is 2.91. The summed E-state index contributed by atoms with van der Waals surface area (Å²) in [6, 6.07) is 11.9. The topological polar surface area (TPSA) is 71.0 Å². The number of hydrogen-bond acceptors (Lipinski definition) is 4. The third-order valence-electron chi connectivity index (χ3n) is 4.13. The van der Waals surface area contributed by atoms with Crippen LogP contribution in [0.2, 0.25) is 5.02 Å². The molecule has 1 aliphatic carbocycles. The van der Waals surface area contributed by atoms with E-state index in [1.807, 2.05) is 30.3 Å². The van der Waals surface area contributed by atoms with Gasteiger partial charge in [-0.1, -0.05) is 41.9 Å². The lowest BCUT2D eigenvalue weighted by atomic mass is 10.1. The number of H-pyrrole nitrogens is 1. The first-order chi connectivity index (χ1) is 11.2. The molecule has 0 spiro atoms. The maximum Gasteiger partial charge on any atom is 0.296 e. The first-order valence-corrected chi connectivity index (χ1v) is 8.05. The van der Waals surface area contributed by atoms with E-state index in [0.717, 1.165) is 30.3 Å². The van der Waals surface area contributed by atoms with Crippen LogP contribution in [0.1, 0.15) is 19.3 Å². The zero-order chi connectivity index (χ0) is 15.8. The predicted molar refractivity (Wildman–Crippen MR) is 88.6 cm³/mol. The summed E-state index contributed by atoms with van der Waals surface area (Å²) >= 11 is 6.35. The summed E-state index contributed by atoms with van der Waals surface area (Å²) in [7, 11) is 0. The highest BCUT2D eigenvalue weighted by Crippen LogP contribution is 2.30. The number of benzene rings is 1. The summed E-state index contributed by atoms with van der Waals surface area (Å²) in [5.74, 6) is 0. The molecule has 23 heavy (non-hydrogen) atoms. The molecule has 0 unspecified atom stereocenters. The fourth-order valence-electron chi connectivity index (χ4n) is 2.94. The smallest absolute Gasteiger partial charge is 0.296 e. The lowest BCUT2D eigenvalue weighted by Crippen LogP contribution is -2.26. The molecule has 6 heteroatoms. The molecule has 0 amide bonds. The quantitative estimate of drug-likeness (QED) is 0.770. The van der Waals surface area contributed by atoms with E-state index >= 15 is 0 Å². The van der Waals surface area contributed by atoms with E-state index in [9.17, 15) is 5.11 Å². The number of aliphatic hydroxyl groups is 1. The molecular formula is C17H16ClN3O2. The van der Waals surface area contributed by atoms with Gasteiger partial charge in [-0.3, -0.25) is 0 Å². The lowest BCUT2D eigenvalue weighted by Gasteiger charge is -2.14. The van der Waals surface area contributed by atoms with E-state index in [1.54, 1.807) is 6.07 Å². The number of ether oxygens (including phenoxy) is 1. The minimum absolute atomic E-state index is 0.209. The Labute approximate surface area is 138 Å². The van der Waals surface area contributed by atoms with Crippen LogP contribution in [0, 0.1) is 0 Å². The van der Waals surface area contributed by atoms with Crippen LogP contribution in [0.3, 0.4) is 0 Å². The predicted octanol–water partition coefficient (Wildman–Crippen LogP) is 3.57. The Hall–Kier alpha value is -2.11. The highest BCUT2D eigenvalue weighted by atomic mass is 35.5. The van der Waals surface area contributed by atoms with Gasteiger partial charge in [-0.05, 0) is 25.3 Å². The molecule has 0 bridgehead atoms. The van der Waals surface area contributed by atoms with E-state index in [1.165, 1.54) is 0 Å². The number of fused-ring (bicyclic) bond motifs is 1. The van der Waals surface area contributed by atoms with Crippen LogP contribution in [-0.2, 0) is 0 Å². The zero-order valence-electron chi connectivity index (χ0n) is 12.4. The van der Waals surface area contributed by atoms with Gasteiger partial charge in [0.25, 0.3) is 6.01 Å². The molecule has 1 fully saturated rings. The molecular weight excluding hydrogens is 314 g/mol. The van der Waals surface area contributed by atoms with Gasteiger partial charge < -0.3 is 14.8 Å². The minimum atomic E-state index is -0.431. The van der Waals surface area contributed by atoms with E-state index in [4.69, 9.17) is 16.3 Å². The number of nitrogens with zero attached hydrogens (tertiary/aromatic N) is 2. The van der Waals surface area contributed by atoms with Gasteiger partial charge in [0.1, 0.15) is 6.10 Å². The maximum atomic E-state index is 9.86. The van der Waals surface area contributed by atoms with Gasteiger partial charge in [-0.2, -0.15) is 4.98 Å². The molecule has 118 valence electrons. The molecule has 1 aliphatic rings. The maximum absolute atomic E-state index is 9.86. The Bertz CT molecular complexity index is 834. The normalized spacial score (nSPS) is 21.0. The fourth-order valence-corrected chi connectivity index (χ4v) is 3.20. The number of imidazole rings is 1. The Morgan fingerprint density at radius 2 is 2.00 bits per heavy atom. The number of aromatic amines is 1. The third kappa shape index (κ3) is 2.78.